The Balaban J connectivity index is 2.65. The summed E-state index contributed by atoms with van der Waals surface area (Å²) in [5.41, 5.74) is 3.60. The molecule has 0 amide bonds. The molecule has 6 nitrogen and oxygen atoms in total. The van der Waals surface area contributed by atoms with Crippen LogP contribution in [0.15, 0.2) is 18.7 Å². The average Bonchev–Trinajstić information content (AvgIpc) is 2.74. The van der Waals surface area contributed by atoms with Gasteiger partial charge in [0.1, 0.15) is 23.8 Å². The number of anilines is 1. The van der Waals surface area contributed by atoms with Crippen LogP contribution < -0.4 is 11.3 Å². The summed E-state index contributed by atoms with van der Waals surface area (Å²) in [6.45, 7) is 6.09. The zero-order valence-corrected chi connectivity index (χ0v) is 10.2. The molecule has 0 bridgehead atoms. The van der Waals surface area contributed by atoms with Crippen molar-refractivity contribution in [2.45, 2.75) is 26.7 Å². The van der Waals surface area contributed by atoms with E-state index in [1.807, 2.05) is 17.7 Å². The van der Waals surface area contributed by atoms with E-state index in [-0.39, 0.29) is 5.92 Å². The number of nitrogens with zero attached hydrogens (tertiary/aromatic N) is 4. The molecule has 6 heteroatoms. The maximum atomic E-state index is 5.48. The quantitative estimate of drug-likeness (QED) is 0.617. The number of aromatic nitrogens is 4. The summed E-state index contributed by atoms with van der Waals surface area (Å²) in [7, 11) is 0. The third kappa shape index (κ3) is 1.99. The molecule has 0 aliphatic carbocycles. The molecule has 90 valence electrons. The number of aryl methyl sites for hydroxylation is 1. The Morgan fingerprint density at radius 3 is 2.59 bits per heavy atom. The van der Waals surface area contributed by atoms with Crippen LogP contribution in [0.5, 0.6) is 0 Å². The van der Waals surface area contributed by atoms with Crippen LogP contribution >= 0.6 is 0 Å². The number of nitrogens with two attached hydrogens (primary N) is 1. The maximum absolute atomic E-state index is 5.48. The highest BCUT2D eigenvalue weighted by molar-refractivity contribution is 5.53. The zero-order chi connectivity index (χ0) is 12.4. The lowest BCUT2D eigenvalue weighted by atomic mass is 10.0. The van der Waals surface area contributed by atoms with Gasteiger partial charge in [-0.25, -0.2) is 20.8 Å². The van der Waals surface area contributed by atoms with Gasteiger partial charge in [0.15, 0.2) is 0 Å². The Bertz CT molecular complexity index is 516. The second-order valence-electron chi connectivity index (χ2n) is 4.10. The summed E-state index contributed by atoms with van der Waals surface area (Å²) >= 11 is 0. The van der Waals surface area contributed by atoms with Crippen molar-refractivity contribution in [3.63, 3.8) is 0 Å². The third-order valence-corrected chi connectivity index (χ3v) is 2.63. The Morgan fingerprint density at radius 1 is 1.29 bits per heavy atom. The highest BCUT2D eigenvalue weighted by atomic mass is 15.3. The van der Waals surface area contributed by atoms with Gasteiger partial charge in [-0.2, -0.15) is 0 Å². The van der Waals surface area contributed by atoms with Gasteiger partial charge in [-0.15, -0.1) is 0 Å². The smallest absolute Gasteiger partial charge is 0.149 e. The van der Waals surface area contributed by atoms with Gasteiger partial charge in [0.25, 0.3) is 0 Å². The molecule has 0 radical (unpaired) electrons. The predicted octanol–water partition coefficient (Wildman–Crippen LogP) is 1.38. The molecule has 0 atom stereocenters. The van der Waals surface area contributed by atoms with E-state index in [9.17, 15) is 0 Å². The van der Waals surface area contributed by atoms with E-state index in [1.54, 1.807) is 6.20 Å². The van der Waals surface area contributed by atoms with Gasteiger partial charge in [0.05, 0.1) is 0 Å². The highest BCUT2D eigenvalue weighted by Crippen LogP contribution is 2.27. The Morgan fingerprint density at radius 2 is 2.06 bits per heavy atom. The topological polar surface area (TPSA) is 81.7 Å². The molecular weight excluding hydrogens is 216 g/mol. The molecule has 0 aliphatic rings. The molecule has 2 aromatic rings. The minimum absolute atomic E-state index is 0.263. The van der Waals surface area contributed by atoms with Crippen molar-refractivity contribution in [1.29, 1.82) is 0 Å². The Hall–Kier alpha value is -1.95. The molecule has 0 saturated carbocycles. The van der Waals surface area contributed by atoms with Gasteiger partial charge >= 0.3 is 0 Å². The van der Waals surface area contributed by atoms with E-state index in [0.717, 1.165) is 17.2 Å². The summed E-state index contributed by atoms with van der Waals surface area (Å²) in [6, 6.07) is 0. The molecule has 0 unspecified atom stereocenters. The van der Waals surface area contributed by atoms with Crippen molar-refractivity contribution in [1.82, 2.24) is 19.5 Å². The molecule has 0 spiro atoms. The van der Waals surface area contributed by atoms with Gasteiger partial charge in [0.2, 0.25) is 0 Å². The lowest BCUT2D eigenvalue weighted by Gasteiger charge is -2.16. The summed E-state index contributed by atoms with van der Waals surface area (Å²) < 4.78 is 1.93. The first-order valence-electron chi connectivity index (χ1n) is 5.47. The van der Waals surface area contributed by atoms with E-state index >= 15 is 0 Å². The zero-order valence-electron chi connectivity index (χ0n) is 10.2. The molecule has 2 heterocycles. The van der Waals surface area contributed by atoms with Gasteiger partial charge < -0.3 is 5.43 Å². The minimum atomic E-state index is 0.263. The first kappa shape index (κ1) is 11.5. The summed E-state index contributed by atoms with van der Waals surface area (Å²) in [6.07, 6.45) is 5.12. The molecule has 0 aliphatic heterocycles. The first-order valence-corrected chi connectivity index (χ1v) is 5.47. The molecular formula is C11H16N6. The van der Waals surface area contributed by atoms with Crippen LogP contribution in [-0.4, -0.2) is 19.5 Å². The fourth-order valence-corrected chi connectivity index (χ4v) is 1.83. The van der Waals surface area contributed by atoms with Crippen molar-refractivity contribution in [2.24, 2.45) is 5.84 Å². The van der Waals surface area contributed by atoms with E-state index in [0.29, 0.717) is 5.82 Å². The highest BCUT2D eigenvalue weighted by Gasteiger charge is 2.16. The number of nitrogens with one attached hydrogen (secondary N) is 1. The number of rotatable bonds is 3. The lowest BCUT2D eigenvalue weighted by molar-refractivity contribution is 0.806. The van der Waals surface area contributed by atoms with Crippen LogP contribution in [0, 0.1) is 6.92 Å². The Kier molecular flexibility index (Phi) is 3.06. The van der Waals surface area contributed by atoms with Crippen LogP contribution in [0.1, 0.15) is 31.2 Å². The largest absolute Gasteiger partial charge is 0.308 e. The van der Waals surface area contributed by atoms with Crippen LogP contribution in [0.25, 0.3) is 5.82 Å². The summed E-state index contributed by atoms with van der Waals surface area (Å²) in [4.78, 5) is 12.7. The van der Waals surface area contributed by atoms with E-state index in [1.165, 1.54) is 6.33 Å². The maximum Gasteiger partial charge on any atom is 0.149 e. The van der Waals surface area contributed by atoms with Gasteiger partial charge in [-0.3, -0.25) is 4.57 Å². The molecule has 3 N–H and O–H groups in total. The monoisotopic (exact) mass is 232 g/mol. The number of hydrogen-bond donors (Lipinski definition) is 2. The fourth-order valence-electron chi connectivity index (χ4n) is 1.83. The van der Waals surface area contributed by atoms with Crippen molar-refractivity contribution in [3.8, 4) is 5.82 Å². The molecule has 17 heavy (non-hydrogen) atoms. The SMILES string of the molecule is Cc1nccn1-c1ncnc(NN)c1C(C)C. The van der Waals surface area contributed by atoms with Gasteiger partial charge in [0, 0.05) is 18.0 Å². The van der Waals surface area contributed by atoms with Crippen molar-refractivity contribution < 1.29 is 0 Å². The van der Waals surface area contributed by atoms with Crippen LogP contribution in [0.3, 0.4) is 0 Å². The second kappa shape index (κ2) is 4.50. The molecule has 2 aromatic heterocycles. The van der Waals surface area contributed by atoms with E-state index < -0.39 is 0 Å². The Labute approximate surface area is 99.9 Å². The van der Waals surface area contributed by atoms with Crippen LogP contribution in [0.4, 0.5) is 5.82 Å². The second-order valence-corrected chi connectivity index (χ2v) is 4.10. The van der Waals surface area contributed by atoms with Crippen LogP contribution in [0.2, 0.25) is 0 Å². The first-order chi connectivity index (χ1) is 8.15. The van der Waals surface area contributed by atoms with E-state index in [4.69, 9.17) is 5.84 Å². The predicted molar refractivity (Wildman–Crippen MR) is 65.8 cm³/mol. The van der Waals surface area contributed by atoms with Crippen LogP contribution in [-0.2, 0) is 0 Å². The fraction of sp³-hybridized carbons (Fsp3) is 0.364. The minimum Gasteiger partial charge on any atom is -0.308 e. The third-order valence-electron chi connectivity index (χ3n) is 2.63. The standard InChI is InChI=1S/C11H16N6/c1-7(2)9-10(16-12)14-6-15-11(9)17-5-4-13-8(17)3/h4-7H,12H2,1-3H3,(H,14,15,16). The van der Waals surface area contributed by atoms with Crippen molar-refractivity contribution in [2.75, 3.05) is 5.43 Å². The lowest BCUT2D eigenvalue weighted by Crippen LogP contribution is -2.15. The molecule has 2 rings (SSSR count). The summed E-state index contributed by atoms with van der Waals surface area (Å²) in [5.74, 6) is 8.10. The van der Waals surface area contributed by atoms with Crippen molar-refractivity contribution in [3.05, 3.63) is 30.1 Å². The molecule has 0 aromatic carbocycles. The molecule has 0 fully saturated rings. The van der Waals surface area contributed by atoms with Gasteiger partial charge in [-0.1, -0.05) is 13.8 Å². The number of hydrazine groups is 1. The van der Waals surface area contributed by atoms with Crippen molar-refractivity contribution >= 4 is 5.82 Å². The van der Waals surface area contributed by atoms with E-state index in [2.05, 4.69) is 34.2 Å². The summed E-state index contributed by atoms with van der Waals surface area (Å²) in [5, 5.41) is 0. The number of nitrogen functional groups attached to an aromatic ring is 1. The number of imidazole rings is 1. The van der Waals surface area contributed by atoms with Gasteiger partial charge in [-0.05, 0) is 12.8 Å². The normalized spacial score (nSPS) is 10.9. The average molecular weight is 232 g/mol. The molecule has 0 saturated heterocycles. The number of hydrogen-bond acceptors (Lipinski definition) is 5.